The van der Waals surface area contributed by atoms with Gasteiger partial charge in [0.05, 0.1) is 10.3 Å². The summed E-state index contributed by atoms with van der Waals surface area (Å²) in [6.07, 6.45) is 5.09. The van der Waals surface area contributed by atoms with Crippen LogP contribution in [0.3, 0.4) is 0 Å². The molecule has 0 saturated carbocycles. The predicted octanol–water partition coefficient (Wildman–Crippen LogP) is 3.65. The van der Waals surface area contributed by atoms with E-state index in [4.69, 9.17) is 0 Å². The zero-order chi connectivity index (χ0) is 21.9. The van der Waals surface area contributed by atoms with Crippen molar-refractivity contribution < 1.29 is 4.79 Å². The summed E-state index contributed by atoms with van der Waals surface area (Å²) in [6.45, 7) is 6.04. The van der Waals surface area contributed by atoms with Gasteiger partial charge in [-0.3, -0.25) is 9.78 Å². The molecule has 1 N–H and O–H groups in total. The summed E-state index contributed by atoms with van der Waals surface area (Å²) >= 11 is 1.43. The molecule has 4 aromatic rings. The molecule has 3 aromatic heterocycles. The molecule has 32 heavy (non-hydrogen) atoms. The molecule has 8 heteroatoms. The number of piperazine rings is 1. The van der Waals surface area contributed by atoms with Crippen LogP contribution in [-0.4, -0.2) is 47.0 Å². The Bertz CT molecular complexity index is 1220. The number of fused-ring (bicyclic) bond motifs is 1. The molecular formula is C24H24N6OS. The monoisotopic (exact) mass is 444 g/mol. The van der Waals surface area contributed by atoms with E-state index in [2.05, 4.69) is 54.3 Å². The molecule has 162 valence electrons. The minimum absolute atomic E-state index is 0.0887. The number of pyridine rings is 1. The summed E-state index contributed by atoms with van der Waals surface area (Å²) in [5.74, 6) is 0.831. The second-order valence-corrected chi connectivity index (χ2v) is 8.79. The van der Waals surface area contributed by atoms with Gasteiger partial charge in [0.25, 0.3) is 5.91 Å². The summed E-state index contributed by atoms with van der Waals surface area (Å²) in [6, 6.07) is 14.3. The quantitative estimate of drug-likeness (QED) is 0.507. The number of hydrogen-bond donors (Lipinski definition) is 1. The minimum Gasteiger partial charge on any atom is -0.368 e. The van der Waals surface area contributed by atoms with Crippen LogP contribution >= 0.6 is 11.3 Å². The van der Waals surface area contributed by atoms with Crippen molar-refractivity contribution in [2.24, 2.45) is 0 Å². The minimum atomic E-state index is -0.0887. The highest BCUT2D eigenvalue weighted by molar-refractivity contribution is 7.20. The number of amides is 1. The van der Waals surface area contributed by atoms with Crippen LogP contribution in [0.4, 0.5) is 11.5 Å². The van der Waals surface area contributed by atoms with E-state index >= 15 is 0 Å². The highest BCUT2D eigenvalue weighted by Gasteiger charge is 2.24. The average molecular weight is 445 g/mol. The number of nitrogens with zero attached hydrogens (tertiary/aromatic N) is 5. The third-order valence-electron chi connectivity index (χ3n) is 5.79. The van der Waals surface area contributed by atoms with Crippen LogP contribution < -0.4 is 15.1 Å². The molecule has 0 unspecified atom stereocenters. The Kier molecular flexibility index (Phi) is 5.68. The fourth-order valence-corrected chi connectivity index (χ4v) is 5.15. The predicted molar refractivity (Wildman–Crippen MR) is 128 cm³/mol. The van der Waals surface area contributed by atoms with Gasteiger partial charge in [0, 0.05) is 50.8 Å². The summed E-state index contributed by atoms with van der Waals surface area (Å²) < 4.78 is 0. The summed E-state index contributed by atoms with van der Waals surface area (Å²) in [5, 5.41) is 3.99. The molecule has 0 radical (unpaired) electrons. The Morgan fingerprint density at radius 2 is 1.81 bits per heavy atom. The maximum absolute atomic E-state index is 12.9. The number of aryl methyl sites for hydroxylation is 1. The highest BCUT2D eigenvalue weighted by atomic mass is 32.1. The maximum atomic E-state index is 12.9. The van der Waals surface area contributed by atoms with Gasteiger partial charge in [-0.15, -0.1) is 11.3 Å². The Morgan fingerprint density at radius 1 is 1.03 bits per heavy atom. The first kappa shape index (κ1) is 20.4. The van der Waals surface area contributed by atoms with Gasteiger partial charge in [-0.2, -0.15) is 0 Å². The fraction of sp³-hybridized carbons (Fsp3) is 0.250. The van der Waals surface area contributed by atoms with Gasteiger partial charge in [0.1, 0.15) is 17.0 Å². The number of hydrogen-bond acceptors (Lipinski definition) is 7. The maximum Gasteiger partial charge on any atom is 0.261 e. The van der Waals surface area contributed by atoms with Crippen molar-refractivity contribution in [3.8, 4) is 0 Å². The van der Waals surface area contributed by atoms with Crippen molar-refractivity contribution in [3.63, 3.8) is 0 Å². The largest absolute Gasteiger partial charge is 0.368 e. The normalized spacial score (nSPS) is 14.0. The van der Waals surface area contributed by atoms with Crippen LogP contribution in [0.25, 0.3) is 10.2 Å². The lowest BCUT2D eigenvalue weighted by Gasteiger charge is -2.37. The zero-order valence-corrected chi connectivity index (χ0v) is 18.7. The lowest BCUT2D eigenvalue weighted by molar-refractivity contribution is 0.0954. The van der Waals surface area contributed by atoms with Crippen LogP contribution in [0.15, 0.2) is 61.2 Å². The van der Waals surface area contributed by atoms with Crippen molar-refractivity contribution >= 4 is 39.0 Å². The first-order chi connectivity index (χ1) is 15.7. The van der Waals surface area contributed by atoms with E-state index in [0.717, 1.165) is 53.3 Å². The molecule has 0 spiro atoms. The highest BCUT2D eigenvalue weighted by Crippen LogP contribution is 2.35. The Balaban J connectivity index is 1.35. The van der Waals surface area contributed by atoms with Crippen molar-refractivity contribution in [2.45, 2.75) is 13.5 Å². The number of aromatic nitrogens is 3. The first-order valence-electron chi connectivity index (χ1n) is 10.7. The summed E-state index contributed by atoms with van der Waals surface area (Å²) in [5.41, 5.74) is 3.16. The summed E-state index contributed by atoms with van der Waals surface area (Å²) in [7, 11) is 0. The van der Waals surface area contributed by atoms with E-state index in [1.165, 1.54) is 17.0 Å². The number of carbonyl (C=O) groups is 1. The van der Waals surface area contributed by atoms with E-state index in [1.54, 1.807) is 18.7 Å². The van der Waals surface area contributed by atoms with Gasteiger partial charge in [-0.05, 0) is 36.2 Å². The fourth-order valence-electron chi connectivity index (χ4n) is 4.09. The number of para-hydroxylation sites is 1. The Morgan fingerprint density at radius 3 is 2.56 bits per heavy atom. The molecule has 1 amide bonds. The van der Waals surface area contributed by atoms with Crippen molar-refractivity contribution in [1.82, 2.24) is 20.3 Å². The third kappa shape index (κ3) is 4.01. The standard InChI is InChI=1S/C24H24N6OS/c1-17-20-22(30-12-10-29(11-13-30)19-7-3-2-4-8-19)27-16-28-24(20)32-21(17)23(31)26-15-18-6-5-9-25-14-18/h2-9,14,16H,10-13,15H2,1H3,(H,26,31). The molecular weight excluding hydrogens is 420 g/mol. The van der Waals surface area contributed by atoms with Gasteiger partial charge < -0.3 is 15.1 Å². The van der Waals surface area contributed by atoms with Gasteiger partial charge in [-0.25, -0.2) is 9.97 Å². The molecule has 1 fully saturated rings. The molecule has 1 aromatic carbocycles. The lowest BCUT2D eigenvalue weighted by Crippen LogP contribution is -2.46. The molecule has 1 aliphatic heterocycles. The van der Waals surface area contributed by atoms with E-state index in [0.29, 0.717) is 11.4 Å². The zero-order valence-electron chi connectivity index (χ0n) is 17.9. The van der Waals surface area contributed by atoms with Crippen molar-refractivity contribution in [3.05, 3.63) is 77.2 Å². The van der Waals surface area contributed by atoms with Crippen molar-refractivity contribution in [1.29, 1.82) is 0 Å². The number of nitrogens with one attached hydrogen (secondary N) is 1. The van der Waals surface area contributed by atoms with Crippen LogP contribution in [0.2, 0.25) is 0 Å². The van der Waals surface area contributed by atoms with Gasteiger partial charge in [0.2, 0.25) is 0 Å². The molecule has 5 rings (SSSR count). The molecule has 0 aliphatic carbocycles. The molecule has 0 atom stereocenters. The Hall–Kier alpha value is -3.52. The van der Waals surface area contributed by atoms with Gasteiger partial charge in [-0.1, -0.05) is 24.3 Å². The molecule has 1 saturated heterocycles. The second kappa shape index (κ2) is 8.92. The van der Waals surface area contributed by atoms with Gasteiger partial charge >= 0.3 is 0 Å². The smallest absolute Gasteiger partial charge is 0.261 e. The summed E-state index contributed by atoms with van der Waals surface area (Å²) in [4.78, 5) is 32.3. The van der Waals surface area contributed by atoms with Crippen LogP contribution in [0, 0.1) is 6.92 Å². The molecule has 0 bridgehead atoms. The second-order valence-electron chi connectivity index (χ2n) is 7.79. The number of carbonyl (C=O) groups excluding carboxylic acids is 1. The van der Waals surface area contributed by atoms with E-state index < -0.39 is 0 Å². The number of rotatable bonds is 5. The van der Waals surface area contributed by atoms with E-state index in [9.17, 15) is 4.79 Å². The SMILES string of the molecule is Cc1c(C(=O)NCc2cccnc2)sc2ncnc(N3CCN(c4ccccc4)CC3)c12. The van der Waals surface area contributed by atoms with Crippen molar-refractivity contribution in [2.75, 3.05) is 36.0 Å². The molecule has 4 heterocycles. The number of anilines is 2. The van der Waals surface area contributed by atoms with Crippen LogP contribution in [0.1, 0.15) is 20.8 Å². The molecule has 7 nitrogen and oxygen atoms in total. The number of thiophene rings is 1. The average Bonchev–Trinajstić information content (AvgIpc) is 3.20. The van der Waals surface area contributed by atoms with Gasteiger partial charge in [0.15, 0.2) is 0 Å². The Labute approximate surface area is 190 Å². The van der Waals surface area contributed by atoms with Crippen LogP contribution in [0.5, 0.6) is 0 Å². The van der Waals surface area contributed by atoms with Crippen LogP contribution in [-0.2, 0) is 6.54 Å². The first-order valence-corrected chi connectivity index (χ1v) is 11.5. The third-order valence-corrected chi connectivity index (χ3v) is 6.99. The number of benzene rings is 1. The van der Waals surface area contributed by atoms with E-state index in [1.807, 2.05) is 25.1 Å². The topological polar surface area (TPSA) is 74.2 Å². The molecule has 1 aliphatic rings. The lowest BCUT2D eigenvalue weighted by atomic mass is 10.1. The van der Waals surface area contributed by atoms with E-state index in [-0.39, 0.29) is 5.91 Å².